The minimum absolute atomic E-state index is 0.300. The summed E-state index contributed by atoms with van der Waals surface area (Å²) in [6, 6.07) is 6.53. The zero-order chi connectivity index (χ0) is 15.3. The molecule has 0 fully saturated rings. The third-order valence-corrected chi connectivity index (χ3v) is 3.80. The van der Waals surface area contributed by atoms with Crippen molar-refractivity contribution < 1.29 is 13.2 Å². The Hall–Kier alpha value is -0.590. The number of likely N-dealkylation sites (N-methyl/N-ethyl adjacent to an activating group) is 1. The fraction of sp³-hybridized carbons (Fsp3) is 0.571. The van der Waals surface area contributed by atoms with Gasteiger partial charge in [-0.05, 0) is 30.7 Å². The van der Waals surface area contributed by atoms with E-state index < -0.39 is 18.8 Å². The van der Waals surface area contributed by atoms with E-state index >= 15 is 0 Å². The molecular formula is C14H20BrF3N2. The van der Waals surface area contributed by atoms with Crippen LogP contribution in [0.3, 0.4) is 0 Å². The second-order valence-electron chi connectivity index (χ2n) is 4.75. The maximum atomic E-state index is 12.7. The highest BCUT2D eigenvalue weighted by Crippen LogP contribution is 2.29. The lowest BCUT2D eigenvalue weighted by Gasteiger charge is -2.35. The molecule has 2 unspecified atom stereocenters. The van der Waals surface area contributed by atoms with E-state index in [1.54, 1.807) is 6.92 Å². The van der Waals surface area contributed by atoms with Gasteiger partial charge in [0.15, 0.2) is 0 Å². The molecule has 1 aromatic rings. The summed E-state index contributed by atoms with van der Waals surface area (Å²) in [6.07, 6.45) is -3.60. The number of hydrogen-bond acceptors (Lipinski definition) is 2. The zero-order valence-electron chi connectivity index (χ0n) is 11.6. The monoisotopic (exact) mass is 352 g/mol. The van der Waals surface area contributed by atoms with Crippen molar-refractivity contribution >= 4 is 15.9 Å². The van der Waals surface area contributed by atoms with E-state index in [0.29, 0.717) is 13.0 Å². The topological polar surface area (TPSA) is 29.3 Å². The number of alkyl halides is 3. The quantitative estimate of drug-likeness (QED) is 0.834. The Kier molecular flexibility index (Phi) is 6.48. The van der Waals surface area contributed by atoms with Crippen molar-refractivity contribution in [3.05, 3.63) is 34.3 Å². The molecule has 0 bridgehead atoms. The van der Waals surface area contributed by atoms with Crippen molar-refractivity contribution in [1.82, 2.24) is 4.90 Å². The Morgan fingerprint density at radius 2 is 1.75 bits per heavy atom. The summed E-state index contributed by atoms with van der Waals surface area (Å²) in [6.45, 7) is 2.96. The zero-order valence-corrected chi connectivity index (χ0v) is 13.2. The fourth-order valence-corrected chi connectivity index (χ4v) is 2.51. The van der Waals surface area contributed by atoms with Gasteiger partial charge in [0.2, 0.25) is 0 Å². The van der Waals surface area contributed by atoms with Crippen LogP contribution in [-0.2, 0) is 0 Å². The molecule has 2 nitrogen and oxygen atoms in total. The minimum atomic E-state index is -4.23. The predicted molar refractivity (Wildman–Crippen MR) is 78.5 cm³/mol. The maximum Gasteiger partial charge on any atom is 0.401 e. The van der Waals surface area contributed by atoms with E-state index in [9.17, 15) is 13.2 Å². The standard InChI is InChI=1S/C14H20BrF3N2/c1-3-12(19)13(10-5-7-11(15)8-6-10)20(4-2)9-14(16,17)18/h5-8,12-13H,3-4,9,19H2,1-2H3. The Bertz CT molecular complexity index is 406. The molecule has 1 aromatic carbocycles. The highest BCUT2D eigenvalue weighted by molar-refractivity contribution is 9.10. The van der Waals surface area contributed by atoms with Gasteiger partial charge in [-0.15, -0.1) is 0 Å². The van der Waals surface area contributed by atoms with Crippen LogP contribution in [0.1, 0.15) is 31.9 Å². The van der Waals surface area contributed by atoms with Crippen LogP contribution in [0.4, 0.5) is 13.2 Å². The molecule has 0 aliphatic rings. The Labute approximate surface area is 126 Å². The second kappa shape index (κ2) is 7.43. The highest BCUT2D eigenvalue weighted by Gasteiger charge is 2.35. The summed E-state index contributed by atoms with van der Waals surface area (Å²) in [5, 5.41) is 0. The number of nitrogens with zero attached hydrogens (tertiary/aromatic N) is 1. The molecule has 20 heavy (non-hydrogen) atoms. The van der Waals surface area contributed by atoms with E-state index in [1.807, 2.05) is 31.2 Å². The molecule has 1 rings (SSSR count). The van der Waals surface area contributed by atoms with Crippen molar-refractivity contribution in [2.75, 3.05) is 13.1 Å². The molecule has 0 aromatic heterocycles. The van der Waals surface area contributed by atoms with Gasteiger partial charge in [0.05, 0.1) is 12.6 Å². The van der Waals surface area contributed by atoms with E-state index in [4.69, 9.17) is 5.73 Å². The van der Waals surface area contributed by atoms with Gasteiger partial charge in [-0.2, -0.15) is 13.2 Å². The molecule has 2 N–H and O–H groups in total. The number of rotatable bonds is 6. The summed E-state index contributed by atoms with van der Waals surface area (Å²) in [5.74, 6) is 0. The highest BCUT2D eigenvalue weighted by atomic mass is 79.9. The van der Waals surface area contributed by atoms with Crippen LogP contribution in [0.25, 0.3) is 0 Å². The first-order valence-electron chi connectivity index (χ1n) is 6.60. The normalized spacial score (nSPS) is 15.4. The van der Waals surface area contributed by atoms with Crippen molar-refractivity contribution in [3.63, 3.8) is 0 Å². The van der Waals surface area contributed by atoms with Crippen molar-refractivity contribution in [2.24, 2.45) is 5.73 Å². The lowest BCUT2D eigenvalue weighted by atomic mass is 9.96. The van der Waals surface area contributed by atoms with Gasteiger partial charge in [-0.3, -0.25) is 4.90 Å². The summed E-state index contributed by atoms with van der Waals surface area (Å²) in [4.78, 5) is 1.39. The molecular weight excluding hydrogens is 333 g/mol. The molecule has 2 atom stereocenters. The average molecular weight is 353 g/mol. The first-order valence-corrected chi connectivity index (χ1v) is 7.39. The van der Waals surface area contributed by atoms with Gasteiger partial charge in [-0.25, -0.2) is 0 Å². The molecule has 0 saturated heterocycles. The average Bonchev–Trinajstić information content (AvgIpc) is 2.38. The molecule has 0 radical (unpaired) electrons. The second-order valence-corrected chi connectivity index (χ2v) is 5.66. The molecule has 0 aliphatic carbocycles. The number of benzene rings is 1. The van der Waals surface area contributed by atoms with E-state index in [-0.39, 0.29) is 6.04 Å². The lowest BCUT2D eigenvalue weighted by Crippen LogP contribution is -2.44. The van der Waals surface area contributed by atoms with Crippen molar-refractivity contribution in [1.29, 1.82) is 0 Å². The van der Waals surface area contributed by atoms with Crippen LogP contribution in [0.2, 0.25) is 0 Å². The third kappa shape index (κ3) is 5.07. The summed E-state index contributed by atoms with van der Waals surface area (Å²) >= 11 is 3.33. The largest absolute Gasteiger partial charge is 0.401 e. The molecule has 114 valence electrons. The van der Waals surface area contributed by atoms with Crippen LogP contribution in [-0.4, -0.2) is 30.2 Å². The SMILES string of the molecule is CCC(N)C(c1ccc(Br)cc1)N(CC)CC(F)(F)F. The third-order valence-electron chi connectivity index (χ3n) is 3.27. The van der Waals surface area contributed by atoms with E-state index in [2.05, 4.69) is 15.9 Å². The van der Waals surface area contributed by atoms with Gasteiger partial charge >= 0.3 is 6.18 Å². The van der Waals surface area contributed by atoms with Crippen molar-refractivity contribution in [3.8, 4) is 0 Å². The number of halogens is 4. The number of hydrogen-bond donors (Lipinski definition) is 1. The summed E-state index contributed by atoms with van der Waals surface area (Å²) in [5.41, 5.74) is 6.88. The first-order chi connectivity index (χ1) is 9.28. The molecule has 0 aliphatic heterocycles. The van der Waals surface area contributed by atoms with Crippen molar-refractivity contribution in [2.45, 2.75) is 38.5 Å². The first kappa shape index (κ1) is 17.5. The molecule has 0 amide bonds. The Morgan fingerprint density at radius 3 is 2.15 bits per heavy atom. The van der Waals surface area contributed by atoms with Crippen LogP contribution in [0, 0.1) is 0 Å². The Balaban J connectivity index is 3.07. The summed E-state index contributed by atoms with van der Waals surface area (Å²) in [7, 11) is 0. The molecule has 0 saturated carbocycles. The smallest absolute Gasteiger partial charge is 0.326 e. The molecule has 0 heterocycles. The van der Waals surface area contributed by atoms with Gasteiger partial charge in [0, 0.05) is 10.5 Å². The fourth-order valence-electron chi connectivity index (χ4n) is 2.25. The van der Waals surface area contributed by atoms with Crippen LogP contribution >= 0.6 is 15.9 Å². The van der Waals surface area contributed by atoms with Crippen LogP contribution in [0.5, 0.6) is 0 Å². The van der Waals surface area contributed by atoms with E-state index in [1.165, 1.54) is 4.90 Å². The minimum Gasteiger partial charge on any atom is -0.326 e. The molecule has 0 spiro atoms. The van der Waals surface area contributed by atoms with Gasteiger partial charge in [0.25, 0.3) is 0 Å². The summed E-state index contributed by atoms with van der Waals surface area (Å²) < 4.78 is 39.0. The molecule has 6 heteroatoms. The number of nitrogens with two attached hydrogens (primary N) is 1. The van der Waals surface area contributed by atoms with Gasteiger partial charge < -0.3 is 5.73 Å². The van der Waals surface area contributed by atoms with Crippen LogP contribution < -0.4 is 5.73 Å². The van der Waals surface area contributed by atoms with E-state index in [0.717, 1.165) is 10.0 Å². The predicted octanol–water partition coefficient (Wildman–Crippen LogP) is 4.11. The van der Waals surface area contributed by atoms with Gasteiger partial charge in [0.1, 0.15) is 0 Å². The lowest BCUT2D eigenvalue weighted by molar-refractivity contribution is -0.151. The van der Waals surface area contributed by atoms with Gasteiger partial charge in [-0.1, -0.05) is 41.9 Å². The maximum absolute atomic E-state index is 12.7. The van der Waals surface area contributed by atoms with Crippen LogP contribution in [0.15, 0.2) is 28.7 Å². The Morgan fingerprint density at radius 1 is 1.20 bits per heavy atom.